The van der Waals surface area contributed by atoms with Gasteiger partial charge in [0.25, 0.3) is 0 Å². The van der Waals surface area contributed by atoms with Gasteiger partial charge in [0.05, 0.1) is 6.54 Å². The van der Waals surface area contributed by atoms with Crippen molar-refractivity contribution in [1.29, 1.82) is 0 Å². The molecule has 0 unspecified atom stereocenters. The Labute approximate surface area is 55.8 Å². The summed E-state index contributed by atoms with van der Waals surface area (Å²) in [7, 11) is 1.88. The molecule has 0 rings (SSSR count). The van der Waals surface area contributed by atoms with E-state index in [2.05, 4.69) is 0 Å². The molecule has 0 aromatic rings. The first-order chi connectivity index (χ1) is 4.16. The van der Waals surface area contributed by atoms with E-state index in [1.165, 1.54) is 0 Å². The summed E-state index contributed by atoms with van der Waals surface area (Å²) in [5.41, 5.74) is 5.25. The minimum atomic E-state index is 0.186. The van der Waals surface area contributed by atoms with E-state index < -0.39 is 0 Å². The Bertz CT molecular complexity index is 93.1. The van der Waals surface area contributed by atoms with Crippen LogP contribution in [0.15, 0.2) is 0 Å². The first-order valence-electron chi connectivity index (χ1n) is 3.05. The SMILES string of the molecule is CC(=O)CN(C)CCN. The predicted octanol–water partition coefficient (Wildman–Crippen LogP) is -0.534. The molecule has 54 valence electrons. The van der Waals surface area contributed by atoms with Gasteiger partial charge in [-0.1, -0.05) is 0 Å². The lowest BCUT2D eigenvalue weighted by Gasteiger charge is -2.11. The standard InChI is InChI=1S/C6H14N2O/c1-6(9)5-8(2)4-3-7/h3-5,7H2,1-2H3. The van der Waals surface area contributed by atoms with Crippen molar-refractivity contribution in [2.24, 2.45) is 5.73 Å². The van der Waals surface area contributed by atoms with Gasteiger partial charge >= 0.3 is 0 Å². The lowest BCUT2D eigenvalue weighted by atomic mass is 10.4. The van der Waals surface area contributed by atoms with E-state index in [-0.39, 0.29) is 5.78 Å². The number of nitrogens with zero attached hydrogens (tertiary/aromatic N) is 1. The highest BCUT2D eigenvalue weighted by atomic mass is 16.1. The average molecular weight is 130 g/mol. The minimum absolute atomic E-state index is 0.186. The molecular formula is C6H14N2O. The van der Waals surface area contributed by atoms with Crippen LogP contribution in [0.1, 0.15) is 6.92 Å². The van der Waals surface area contributed by atoms with Gasteiger partial charge in [0, 0.05) is 13.1 Å². The average Bonchev–Trinajstić information content (AvgIpc) is 1.63. The molecule has 0 aliphatic rings. The van der Waals surface area contributed by atoms with Crippen LogP contribution in [0.25, 0.3) is 0 Å². The van der Waals surface area contributed by atoms with Gasteiger partial charge in [-0.05, 0) is 14.0 Å². The van der Waals surface area contributed by atoms with Gasteiger partial charge in [-0.2, -0.15) is 0 Å². The smallest absolute Gasteiger partial charge is 0.143 e. The number of carbonyl (C=O) groups is 1. The fourth-order valence-corrected chi connectivity index (χ4v) is 0.680. The van der Waals surface area contributed by atoms with Crippen molar-refractivity contribution in [1.82, 2.24) is 4.90 Å². The third-order valence-corrected chi connectivity index (χ3v) is 1.00. The summed E-state index contributed by atoms with van der Waals surface area (Å²) in [5, 5.41) is 0. The number of Topliss-reactive ketones (excluding diaryl/α,β-unsaturated/α-hetero) is 1. The summed E-state index contributed by atoms with van der Waals surface area (Å²) in [6, 6.07) is 0. The van der Waals surface area contributed by atoms with Crippen LogP contribution in [0.2, 0.25) is 0 Å². The largest absolute Gasteiger partial charge is 0.329 e. The maximum absolute atomic E-state index is 10.4. The van der Waals surface area contributed by atoms with Crippen molar-refractivity contribution < 1.29 is 4.79 Å². The van der Waals surface area contributed by atoms with E-state index in [0.29, 0.717) is 13.1 Å². The molecule has 0 radical (unpaired) electrons. The van der Waals surface area contributed by atoms with Crippen molar-refractivity contribution in [2.75, 3.05) is 26.7 Å². The van der Waals surface area contributed by atoms with Gasteiger partial charge in [-0.3, -0.25) is 9.69 Å². The van der Waals surface area contributed by atoms with Gasteiger partial charge in [-0.25, -0.2) is 0 Å². The summed E-state index contributed by atoms with van der Waals surface area (Å²) in [6.07, 6.45) is 0. The van der Waals surface area contributed by atoms with Crippen LogP contribution in [0.5, 0.6) is 0 Å². The number of ketones is 1. The topological polar surface area (TPSA) is 46.3 Å². The van der Waals surface area contributed by atoms with E-state index >= 15 is 0 Å². The number of hydrogen-bond acceptors (Lipinski definition) is 3. The number of rotatable bonds is 4. The van der Waals surface area contributed by atoms with Crippen molar-refractivity contribution in [3.05, 3.63) is 0 Å². The summed E-state index contributed by atoms with van der Waals surface area (Å²) >= 11 is 0. The third-order valence-electron chi connectivity index (χ3n) is 1.00. The molecule has 0 aromatic carbocycles. The van der Waals surface area contributed by atoms with E-state index in [9.17, 15) is 4.79 Å². The molecule has 3 heteroatoms. The van der Waals surface area contributed by atoms with Crippen molar-refractivity contribution in [3.63, 3.8) is 0 Å². The highest BCUT2D eigenvalue weighted by Crippen LogP contribution is 1.79. The molecule has 0 saturated carbocycles. The summed E-state index contributed by atoms with van der Waals surface area (Å²) in [5.74, 6) is 0.186. The summed E-state index contributed by atoms with van der Waals surface area (Å²) in [4.78, 5) is 12.4. The molecule has 0 spiro atoms. The Morgan fingerprint density at radius 2 is 2.22 bits per heavy atom. The van der Waals surface area contributed by atoms with Crippen LogP contribution in [0.3, 0.4) is 0 Å². The molecule has 0 aliphatic heterocycles. The molecule has 0 saturated heterocycles. The molecule has 0 heterocycles. The van der Waals surface area contributed by atoms with E-state index in [0.717, 1.165) is 6.54 Å². The predicted molar refractivity (Wildman–Crippen MR) is 37.2 cm³/mol. The second-order valence-electron chi connectivity index (χ2n) is 2.23. The van der Waals surface area contributed by atoms with Crippen LogP contribution < -0.4 is 5.73 Å². The van der Waals surface area contributed by atoms with E-state index in [1.54, 1.807) is 6.92 Å². The normalized spacial score (nSPS) is 10.2. The molecule has 0 atom stereocenters. The van der Waals surface area contributed by atoms with Gasteiger partial charge in [0.1, 0.15) is 5.78 Å². The Morgan fingerprint density at radius 3 is 2.56 bits per heavy atom. The molecule has 0 aliphatic carbocycles. The molecule has 0 amide bonds. The Balaban J connectivity index is 3.26. The molecule has 0 bridgehead atoms. The quantitative estimate of drug-likeness (QED) is 0.556. The van der Waals surface area contributed by atoms with Gasteiger partial charge in [0.2, 0.25) is 0 Å². The van der Waals surface area contributed by atoms with E-state index in [4.69, 9.17) is 5.73 Å². The lowest BCUT2D eigenvalue weighted by molar-refractivity contribution is -0.117. The molecule has 0 fully saturated rings. The number of nitrogens with two attached hydrogens (primary N) is 1. The fourth-order valence-electron chi connectivity index (χ4n) is 0.680. The van der Waals surface area contributed by atoms with Crippen molar-refractivity contribution in [3.8, 4) is 0 Å². The Morgan fingerprint density at radius 1 is 1.67 bits per heavy atom. The maximum atomic E-state index is 10.4. The van der Waals surface area contributed by atoms with Crippen LogP contribution in [0.4, 0.5) is 0 Å². The zero-order valence-corrected chi connectivity index (χ0v) is 6.05. The van der Waals surface area contributed by atoms with Gasteiger partial charge in [0.15, 0.2) is 0 Å². The van der Waals surface area contributed by atoms with Crippen LogP contribution in [-0.4, -0.2) is 37.4 Å². The van der Waals surface area contributed by atoms with Gasteiger partial charge < -0.3 is 5.73 Å². The molecule has 0 aromatic heterocycles. The summed E-state index contributed by atoms with van der Waals surface area (Å²) in [6.45, 7) is 3.49. The molecule has 2 N–H and O–H groups in total. The van der Waals surface area contributed by atoms with Crippen molar-refractivity contribution >= 4 is 5.78 Å². The highest BCUT2D eigenvalue weighted by Gasteiger charge is 1.97. The van der Waals surface area contributed by atoms with Crippen LogP contribution >= 0.6 is 0 Å². The fraction of sp³-hybridized carbons (Fsp3) is 0.833. The zero-order chi connectivity index (χ0) is 7.28. The lowest BCUT2D eigenvalue weighted by Crippen LogP contribution is -2.29. The zero-order valence-electron chi connectivity index (χ0n) is 6.05. The van der Waals surface area contributed by atoms with Crippen LogP contribution in [0, 0.1) is 0 Å². The van der Waals surface area contributed by atoms with Crippen LogP contribution in [-0.2, 0) is 4.79 Å². The minimum Gasteiger partial charge on any atom is -0.329 e. The van der Waals surface area contributed by atoms with Crippen molar-refractivity contribution in [2.45, 2.75) is 6.92 Å². The molecular weight excluding hydrogens is 116 g/mol. The highest BCUT2D eigenvalue weighted by molar-refractivity contribution is 5.77. The number of carbonyl (C=O) groups excluding carboxylic acids is 1. The second-order valence-corrected chi connectivity index (χ2v) is 2.23. The first-order valence-corrected chi connectivity index (χ1v) is 3.05. The first kappa shape index (κ1) is 8.59. The maximum Gasteiger partial charge on any atom is 0.143 e. The van der Waals surface area contributed by atoms with Gasteiger partial charge in [-0.15, -0.1) is 0 Å². The second kappa shape index (κ2) is 4.47. The molecule has 3 nitrogen and oxygen atoms in total. The van der Waals surface area contributed by atoms with E-state index in [1.807, 2.05) is 11.9 Å². The number of hydrogen-bond donors (Lipinski definition) is 1. The Hall–Kier alpha value is -0.410. The summed E-state index contributed by atoms with van der Waals surface area (Å²) < 4.78 is 0. The number of likely N-dealkylation sites (N-methyl/N-ethyl adjacent to an activating group) is 1. The monoisotopic (exact) mass is 130 g/mol. The third kappa shape index (κ3) is 5.46. The Kier molecular flexibility index (Phi) is 4.26. The molecule has 9 heavy (non-hydrogen) atoms.